The zero-order valence-electron chi connectivity index (χ0n) is 20.6. The third-order valence-corrected chi connectivity index (χ3v) is 9.35. The molecule has 3 aromatic heterocycles. The molecule has 0 bridgehead atoms. The number of fused-ring (bicyclic) bond motifs is 2. The molecule has 8 nitrogen and oxygen atoms in total. The molecule has 0 saturated heterocycles. The Labute approximate surface area is 232 Å². The van der Waals surface area contributed by atoms with Crippen LogP contribution in [0, 0.1) is 0 Å². The lowest BCUT2D eigenvalue weighted by molar-refractivity contribution is -0.115. The first-order valence-corrected chi connectivity index (χ1v) is 14.9. The Hall–Kier alpha value is -3.99. The molecule has 0 atom stereocenters. The van der Waals surface area contributed by atoms with E-state index < -0.39 is 9.84 Å². The fraction of sp³-hybridized carbons (Fsp3) is 0.107. The fourth-order valence-electron chi connectivity index (χ4n) is 4.37. The van der Waals surface area contributed by atoms with E-state index in [1.807, 2.05) is 47.8 Å². The van der Waals surface area contributed by atoms with Crippen molar-refractivity contribution in [2.45, 2.75) is 18.2 Å². The van der Waals surface area contributed by atoms with Crippen molar-refractivity contribution in [2.24, 2.45) is 0 Å². The summed E-state index contributed by atoms with van der Waals surface area (Å²) in [7, 11) is -3.37. The molecule has 3 aromatic carbocycles. The number of carbonyl (C=O) groups excluding carboxylic acids is 1. The first-order chi connectivity index (χ1) is 18.8. The van der Waals surface area contributed by atoms with Crippen LogP contribution in [0.4, 0.5) is 5.69 Å². The zero-order chi connectivity index (χ0) is 27.1. The lowest BCUT2D eigenvalue weighted by Crippen LogP contribution is -2.14. The van der Waals surface area contributed by atoms with Crippen LogP contribution in [0.15, 0.2) is 81.6 Å². The zero-order valence-corrected chi connectivity index (χ0v) is 23.0. The van der Waals surface area contributed by atoms with E-state index in [-0.39, 0.29) is 23.0 Å². The van der Waals surface area contributed by atoms with Gasteiger partial charge in [0.25, 0.3) is 0 Å². The third-order valence-electron chi connectivity index (χ3n) is 6.37. The summed E-state index contributed by atoms with van der Waals surface area (Å²) in [5.74, 6) is 0.158. The van der Waals surface area contributed by atoms with Gasteiger partial charge in [-0.2, -0.15) is 5.10 Å². The number of halogens is 1. The maximum absolute atomic E-state index is 12.9. The minimum atomic E-state index is -3.37. The number of hydrogen-bond donors (Lipinski definition) is 2. The highest BCUT2D eigenvalue weighted by Crippen LogP contribution is 2.34. The van der Waals surface area contributed by atoms with Gasteiger partial charge in [-0.1, -0.05) is 30.7 Å². The predicted molar refractivity (Wildman–Crippen MR) is 154 cm³/mol. The maximum atomic E-state index is 12.9. The molecule has 6 rings (SSSR count). The lowest BCUT2D eigenvalue weighted by atomic mass is 10.1. The number of aromatic amines is 1. The van der Waals surface area contributed by atoms with E-state index in [4.69, 9.17) is 16.0 Å². The monoisotopic (exact) mass is 576 g/mol. The van der Waals surface area contributed by atoms with Gasteiger partial charge in [-0.15, -0.1) is 11.3 Å². The van der Waals surface area contributed by atoms with Crippen LogP contribution in [0.2, 0.25) is 5.02 Å². The first kappa shape index (κ1) is 25.3. The van der Waals surface area contributed by atoms with Crippen molar-refractivity contribution in [2.75, 3.05) is 11.1 Å². The molecule has 0 spiro atoms. The van der Waals surface area contributed by atoms with E-state index in [9.17, 15) is 13.2 Å². The number of anilines is 1. The Morgan fingerprint density at radius 3 is 2.85 bits per heavy atom. The van der Waals surface area contributed by atoms with Gasteiger partial charge in [0.15, 0.2) is 15.4 Å². The lowest BCUT2D eigenvalue weighted by Gasteiger charge is -2.08. The second-order valence-corrected chi connectivity index (χ2v) is 12.5. The van der Waals surface area contributed by atoms with Crippen LogP contribution in [0.1, 0.15) is 12.5 Å². The van der Waals surface area contributed by atoms with E-state index in [0.717, 1.165) is 21.2 Å². The average molecular weight is 577 g/mol. The Morgan fingerprint density at radius 1 is 1.13 bits per heavy atom. The van der Waals surface area contributed by atoms with Gasteiger partial charge >= 0.3 is 0 Å². The van der Waals surface area contributed by atoms with Gasteiger partial charge in [-0.25, -0.2) is 13.4 Å². The number of nitrogens with one attached hydrogen (secondary N) is 2. The molecular formula is C28H21ClN4O4S2. The van der Waals surface area contributed by atoms with Crippen molar-refractivity contribution in [3.05, 3.63) is 82.8 Å². The molecule has 1 amide bonds. The normalized spacial score (nSPS) is 11.8. The molecule has 3 heterocycles. The Morgan fingerprint density at radius 2 is 2.00 bits per heavy atom. The largest absolute Gasteiger partial charge is 0.436 e. The summed E-state index contributed by atoms with van der Waals surface area (Å²) < 4.78 is 31.6. The number of rotatable bonds is 7. The summed E-state index contributed by atoms with van der Waals surface area (Å²) in [5.41, 5.74) is 4.49. The second kappa shape index (κ2) is 9.96. The van der Waals surface area contributed by atoms with Gasteiger partial charge in [0.1, 0.15) is 5.52 Å². The first-order valence-electron chi connectivity index (χ1n) is 12.0. The molecule has 196 valence electrons. The van der Waals surface area contributed by atoms with Gasteiger partial charge in [-0.3, -0.25) is 9.89 Å². The summed E-state index contributed by atoms with van der Waals surface area (Å²) in [5, 5.41) is 13.7. The highest BCUT2D eigenvalue weighted by Gasteiger charge is 2.19. The Bertz CT molecular complexity index is 1970. The van der Waals surface area contributed by atoms with Gasteiger partial charge < -0.3 is 9.73 Å². The molecular weight excluding hydrogens is 556 g/mol. The molecule has 2 N–H and O–H groups in total. The SMILES string of the molecule is CCS(=O)(=O)c1ccc2oc(-c3cn[nH]c3-c3cccc(NC(=O)Cc4csc5ccc(Cl)cc45)c3)nc2c1. The standard InChI is InChI=1S/C28H21ClN4O4S2/c1-2-39(35,36)20-7-8-24-23(13-20)32-28(37-24)22-14-30-33-27(22)16-4-3-5-19(10-16)31-26(34)11-17-15-38-25-9-6-18(29)12-21(17)25/h3-10,12-15H,2,11H2,1H3,(H,30,33)(H,31,34). The number of carbonyl (C=O) groups is 1. The summed E-state index contributed by atoms with van der Waals surface area (Å²) in [6.07, 6.45) is 1.82. The topological polar surface area (TPSA) is 118 Å². The highest BCUT2D eigenvalue weighted by molar-refractivity contribution is 7.91. The number of benzene rings is 3. The second-order valence-electron chi connectivity index (χ2n) is 8.92. The number of oxazole rings is 1. The molecule has 0 aliphatic carbocycles. The summed E-state index contributed by atoms with van der Waals surface area (Å²) >= 11 is 7.73. The summed E-state index contributed by atoms with van der Waals surface area (Å²) in [6.45, 7) is 1.60. The predicted octanol–water partition coefficient (Wildman–Crippen LogP) is 6.73. The van der Waals surface area contributed by atoms with Gasteiger partial charge in [0.05, 0.1) is 34.5 Å². The number of hydrogen-bond acceptors (Lipinski definition) is 7. The minimum absolute atomic E-state index is 0.000177. The molecule has 0 unspecified atom stereocenters. The van der Waals surface area contributed by atoms with Crippen molar-refractivity contribution >= 4 is 65.6 Å². The maximum Gasteiger partial charge on any atom is 0.231 e. The van der Waals surface area contributed by atoms with Crippen LogP contribution in [0.3, 0.4) is 0 Å². The van der Waals surface area contributed by atoms with E-state index in [2.05, 4.69) is 20.5 Å². The summed E-state index contributed by atoms with van der Waals surface area (Å²) in [6, 6.07) is 17.7. The van der Waals surface area contributed by atoms with Crippen LogP contribution >= 0.6 is 22.9 Å². The molecule has 0 fully saturated rings. The van der Waals surface area contributed by atoms with Gasteiger partial charge in [0, 0.05) is 21.0 Å². The van der Waals surface area contributed by atoms with Gasteiger partial charge in [0.2, 0.25) is 11.8 Å². The molecule has 11 heteroatoms. The Balaban J connectivity index is 1.26. The van der Waals surface area contributed by atoms with Crippen LogP contribution < -0.4 is 5.32 Å². The van der Waals surface area contributed by atoms with Crippen molar-refractivity contribution in [1.82, 2.24) is 15.2 Å². The van der Waals surface area contributed by atoms with Gasteiger partial charge in [-0.05, 0) is 64.9 Å². The Kier molecular flexibility index (Phi) is 6.46. The van der Waals surface area contributed by atoms with Crippen LogP contribution in [-0.4, -0.2) is 35.3 Å². The molecule has 0 saturated carbocycles. The quantitative estimate of drug-likeness (QED) is 0.217. The van der Waals surface area contributed by atoms with E-state index >= 15 is 0 Å². The van der Waals surface area contributed by atoms with Crippen LogP contribution in [0.5, 0.6) is 0 Å². The van der Waals surface area contributed by atoms with Crippen molar-refractivity contribution in [3.8, 4) is 22.7 Å². The smallest absolute Gasteiger partial charge is 0.231 e. The van der Waals surface area contributed by atoms with E-state index in [1.54, 1.807) is 30.5 Å². The van der Waals surface area contributed by atoms with Crippen molar-refractivity contribution in [1.29, 1.82) is 0 Å². The van der Waals surface area contributed by atoms with Crippen LogP contribution in [0.25, 0.3) is 43.9 Å². The molecule has 6 aromatic rings. The highest BCUT2D eigenvalue weighted by atomic mass is 35.5. The summed E-state index contributed by atoms with van der Waals surface area (Å²) in [4.78, 5) is 17.6. The molecule has 39 heavy (non-hydrogen) atoms. The van der Waals surface area contributed by atoms with E-state index in [0.29, 0.717) is 39.0 Å². The number of thiophene rings is 1. The average Bonchev–Trinajstić information content (AvgIpc) is 3.66. The third kappa shape index (κ3) is 4.94. The molecule has 0 aliphatic heterocycles. The number of nitrogens with zero attached hydrogens (tertiary/aromatic N) is 2. The minimum Gasteiger partial charge on any atom is -0.436 e. The molecule has 0 radical (unpaired) electrons. The van der Waals surface area contributed by atoms with Crippen LogP contribution in [-0.2, 0) is 21.1 Å². The number of sulfone groups is 1. The van der Waals surface area contributed by atoms with E-state index in [1.165, 1.54) is 12.1 Å². The molecule has 0 aliphatic rings. The van der Waals surface area contributed by atoms with Crippen molar-refractivity contribution in [3.63, 3.8) is 0 Å². The number of H-pyrrole nitrogens is 1. The fourth-order valence-corrected chi connectivity index (χ4v) is 6.39. The van der Waals surface area contributed by atoms with Crippen molar-refractivity contribution < 1.29 is 17.6 Å². The number of amides is 1. The number of aromatic nitrogens is 3.